The van der Waals surface area contributed by atoms with Crippen molar-refractivity contribution in [1.29, 1.82) is 0 Å². The Balaban J connectivity index is 1.44. The molecule has 0 atom stereocenters. The van der Waals surface area contributed by atoms with Crippen LogP contribution in [-0.4, -0.2) is 10.9 Å². The lowest BCUT2D eigenvalue weighted by molar-refractivity contribution is 0.102. The zero-order valence-electron chi connectivity index (χ0n) is 16.3. The summed E-state index contributed by atoms with van der Waals surface area (Å²) < 4.78 is 0. The van der Waals surface area contributed by atoms with E-state index in [1.54, 1.807) is 0 Å². The summed E-state index contributed by atoms with van der Waals surface area (Å²) in [6, 6.07) is 26.2. The molecule has 0 saturated carbocycles. The molecule has 4 aromatic rings. The van der Waals surface area contributed by atoms with Crippen molar-refractivity contribution in [3.8, 4) is 22.4 Å². The summed E-state index contributed by atoms with van der Waals surface area (Å²) in [5.41, 5.74) is 6.12. The minimum atomic E-state index is -0.149. The number of aromatic nitrogens is 1. The molecule has 0 fully saturated rings. The van der Waals surface area contributed by atoms with Gasteiger partial charge in [0.1, 0.15) is 0 Å². The first kappa shape index (κ1) is 19.1. The standard InChI is InChI=1S/C25H22N2OS/c1-2-6-18-9-11-21(12-10-18)23-17-29-25(26-23)27-24(28)22-15-13-20(14-16-22)19-7-4-3-5-8-19/h3-5,7-17H,2,6H2,1H3,(H,26,27,28). The molecule has 0 spiro atoms. The monoisotopic (exact) mass is 398 g/mol. The van der Waals surface area contributed by atoms with Gasteiger partial charge in [-0.15, -0.1) is 11.3 Å². The maximum absolute atomic E-state index is 12.6. The second kappa shape index (κ2) is 8.84. The average molecular weight is 399 g/mol. The second-order valence-electron chi connectivity index (χ2n) is 6.88. The van der Waals surface area contributed by atoms with Gasteiger partial charge in [-0.1, -0.05) is 80.1 Å². The SMILES string of the molecule is CCCc1ccc(-c2csc(NC(=O)c3ccc(-c4ccccc4)cc3)n2)cc1. The molecule has 4 heteroatoms. The maximum atomic E-state index is 12.6. The number of benzene rings is 3. The van der Waals surface area contributed by atoms with Gasteiger partial charge in [0.15, 0.2) is 5.13 Å². The van der Waals surface area contributed by atoms with Crippen LogP contribution in [0.4, 0.5) is 5.13 Å². The van der Waals surface area contributed by atoms with Crippen molar-refractivity contribution in [2.75, 3.05) is 5.32 Å². The number of aryl methyl sites for hydroxylation is 1. The molecule has 1 N–H and O–H groups in total. The van der Waals surface area contributed by atoms with E-state index < -0.39 is 0 Å². The zero-order chi connectivity index (χ0) is 20.1. The molecule has 29 heavy (non-hydrogen) atoms. The van der Waals surface area contributed by atoms with Gasteiger partial charge in [-0.05, 0) is 35.2 Å². The van der Waals surface area contributed by atoms with Crippen LogP contribution in [0.1, 0.15) is 29.3 Å². The third-order valence-electron chi connectivity index (χ3n) is 4.77. The third-order valence-corrected chi connectivity index (χ3v) is 5.52. The number of thiazole rings is 1. The van der Waals surface area contributed by atoms with E-state index in [0.717, 1.165) is 35.2 Å². The Morgan fingerprint density at radius 1 is 0.862 bits per heavy atom. The Labute approximate surface area is 175 Å². The summed E-state index contributed by atoms with van der Waals surface area (Å²) in [7, 11) is 0. The lowest BCUT2D eigenvalue weighted by atomic mass is 10.0. The summed E-state index contributed by atoms with van der Waals surface area (Å²) in [6.07, 6.45) is 2.22. The normalized spacial score (nSPS) is 10.7. The number of nitrogens with one attached hydrogen (secondary N) is 1. The first-order valence-corrected chi connectivity index (χ1v) is 10.6. The number of amides is 1. The van der Waals surface area contributed by atoms with Crippen molar-refractivity contribution >= 4 is 22.4 Å². The molecule has 0 saturated heterocycles. The van der Waals surface area contributed by atoms with Gasteiger partial charge < -0.3 is 0 Å². The highest BCUT2D eigenvalue weighted by Crippen LogP contribution is 2.26. The van der Waals surface area contributed by atoms with Crippen molar-refractivity contribution in [3.63, 3.8) is 0 Å². The van der Waals surface area contributed by atoms with Crippen LogP contribution in [0.2, 0.25) is 0 Å². The Kier molecular flexibility index (Phi) is 5.82. The first-order valence-electron chi connectivity index (χ1n) is 9.74. The summed E-state index contributed by atoms with van der Waals surface area (Å²) in [4.78, 5) is 17.2. The molecule has 1 heterocycles. The highest BCUT2D eigenvalue weighted by Gasteiger charge is 2.10. The molecular weight excluding hydrogens is 376 g/mol. The van der Waals surface area contributed by atoms with Gasteiger partial charge in [-0.2, -0.15) is 0 Å². The van der Waals surface area contributed by atoms with Crippen LogP contribution in [0, 0.1) is 0 Å². The number of hydrogen-bond acceptors (Lipinski definition) is 3. The number of hydrogen-bond donors (Lipinski definition) is 1. The molecule has 3 nitrogen and oxygen atoms in total. The number of nitrogens with zero attached hydrogens (tertiary/aromatic N) is 1. The number of anilines is 1. The van der Waals surface area contributed by atoms with Crippen molar-refractivity contribution in [1.82, 2.24) is 4.98 Å². The van der Waals surface area contributed by atoms with Gasteiger partial charge in [0.25, 0.3) is 5.91 Å². The molecule has 0 aliphatic rings. The maximum Gasteiger partial charge on any atom is 0.257 e. The number of carbonyl (C=O) groups is 1. The third kappa shape index (κ3) is 4.61. The molecular formula is C25H22N2OS. The molecule has 0 unspecified atom stereocenters. The molecule has 0 bridgehead atoms. The molecule has 3 aromatic carbocycles. The molecule has 0 aliphatic carbocycles. The van der Waals surface area contributed by atoms with Crippen LogP contribution >= 0.6 is 11.3 Å². The first-order chi connectivity index (χ1) is 14.2. The van der Waals surface area contributed by atoms with E-state index in [1.165, 1.54) is 16.9 Å². The Morgan fingerprint density at radius 3 is 2.21 bits per heavy atom. The van der Waals surface area contributed by atoms with E-state index in [0.29, 0.717) is 10.7 Å². The molecule has 0 aliphatic heterocycles. The minimum Gasteiger partial charge on any atom is -0.298 e. The molecule has 4 rings (SSSR count). The van der Waals surface area contributed by atoms with Gasteiger partial charge in [0.2, 0.25) is 0 Å². The van der Waals surface area contributed by atoms with E-state index in [2.05, 4.69) is 53.6 Å². The van der Waals surface area contributed by atoms with Crippen LogP contribution in [0.25, 0.3) is 22.4 Å². The van der Waals surface area contributed by atoms with Crippen molar-refractivity contribution in [2.45, 2.75) is 19.8 Å². The Morgan fingerprint density at radius 2 is 1.52 bits per heavy atom. The molecule has 144 valence electrons. The van der Waals surface area contributed by atoms with E-state index in [1.807, 2.05) is 47.8 Å². The van der Waals surface area contributed by atoms with Crippen LogP contribution in [0.5, 0.6) is 0 Å². The van der Waals surface area contributed by atoms with Crippen LogP contribution in [-0.2, 0) is 6.42 Å². The highest BCUT2D eigenvalue weighted by atomic mass is 32.1. The largest absolute Gasteiger partial charge is 0.298 e. The minimum absolute atomic E-state index is 0.149. The van der Waals surface area contributed by atoms with E-state index in [4.69, 9.17) is 0 Å². The summed E-state index contributed by atoms with van der Waals surface area (Å²) >= 11 is 1.44. The van der Waals surface area contributed by atoms with Gasteiger partial charge in [-0.25, -0.2) is 4.98 Å². The van der Waals surface area contributed by atoms with E-state index >= 15 is 0 Å². The molecule has 0 radical (unpaired) electrons. The summed E-state index contributed by atoms with van der Waals surface area (Å²) in [6.45, 7) is 2.18. The fourth-order valence-corrected chi connectivity index (χ4v) is 3.92. The quantitative estimate of drug-likeness (QED) is 0.393. The van der Waals surface area contributed by atoms with Crippen LogP contribution in [0.3, 0.4) is 0 Å². The number of carbonyl (C=O) groups excluding carboxylic acids is 1. The van der Waals surface area contributed by atoms with Crippen molar-refractivity contribution in [3.05, 3.63) is 95.4 Å². The fraction of sp³-hybridized carbons (Fsp3) is 0.120. The van der Waals surface area contributed by atoms with Crippen LogP contribution in [0.15, 0.2) is 84.2 Å². The lowest BCUT2D eigenvalue weighted by Crippen LogP contribution is -2.11. The van der Waals surface area contributed by atoms with Gasteiger partial charge in [0, 0.05) is 16.5 Å². The number of rotatable bonds is 6. The Hall–Kier alpha value is -3.24. The molecule has 1 amide bonds. The van der Waals surface area contributed by atoms with Gasteiger partial charge in [0.05, 0.1) is 5.69 Å². The topological polar surface area (TPSA) is 42.0 Å². The van der Waals surface area contributed by atoms with Crippen molar-refractivity contribution < 1.29 is 4.79 Å². The summed E-state index contributed by atoms with van der Waals surface area (Å²) in [5.74, 6) is -0.149. The summed E-state index contributed by atoms with van der Waals surface area (Å²) in [5, 5.41) is 5.49. The molecule has 1 aromatic heterocycles. The Bertz CT molecular complexity index is 1080. The van der Waals surface area contributed by atoms with Gasteiger partial charge in [-0.3, -0.25) is 10.1 Å². The predicted molar refractivity (Wildman–Crippen MR) is 121 cm³/mol. The van der Waals surface area contributed by atoms with Crippen molar-refractivity contribution in [2.24, 2.45) is 0 Å². The predicted octanol–water partition coefficient (Wildman–Crippen LogP) is 6.68. The highest BCUT2D eigenvalue weighted by molar-refractivity contribution is 7.14. The van der Waals surface area contributed by atoms with E-state index in [9.17, 15) is 4.79 Å². The fourth-order valence-electron chi connectivity index (χ4n) is 3.21. The average Bonchev–Trinajstić information content (AvgIpc) is 3.24. The lowest BCUT2D eigenvalue weighted by Gasteiger charge is -2.05. The van der Waals surface area contributed by atoms with E-state index in [-0.39, 0.29) is 5.91 Å². The van der Waals surface area contributed by atoms with Crippen LogP contribution < -0.4 is 5.32 Å². The zero-order valence-corrected chi connectivity index (χ0v) is 17.1. The second-order valence-corrected chi connectivity index (χ2v) is 7.74. The smallest absolute Gasteiger partial charge is 0.257 e. The van der Waals surface area contributed by atoms with Gasteiger partial charge >= 0.3 is 0 Å².